The first-order valence-electron chi connectivity index (χ1n) is 6.00. The highest BCUT2D eigenvalue weighted by molar-refractivity contribution is 8.30. The van der Waals surface area contributed by atoms with Crippen LogP contribution in [-0.2, 0) is 14.6 Å². The Morgan fingerprint density at radius 2 is 1.78 bits per heavy atom. The first-order valence-corrected chi connectivity index (χ1v) is 9.86. The van der Waals surface area contributed by atoms with E-state index in [1.807, 2.05) is 0 Å². The maximum atomic E-state index is 10.8. The predicted molar refractivity (Wildman–Crippen MR) is 87.3 cm³/mol. The van der Waals surface area contributed by atoms with Gasteiger partial charge in [0, 0.05) is 24.4 Å². The van der Waals surface area contributed by atoms with Gasteiger partial charge in [0.05, 0.1) is 11.5 Å². The molecule has 0 spiro atoms. The van der Waals surface area contributed by atoms with Crippen LogP contribution in [0.1, 0.15) is 12.0 Å². The summed E-state index contributed by atoms with van der Waals surface area (Å²) in [6.45, 7) is 1.40. The molecule has 1 aromatic carbocycles. The van der Waals surface area contributed by atoms with E-state index < -0.39 is 21.0 Å². The summed E-state index contributed by atoms with van der Waals surface area (Å²) in [5.41, 5.74) is 0.484. The molecule has 0 amide bonds. The number of benzene rings is 1. The van der Waals surface area contributed by atoms with Gasteiger partial charge in [0.15, 0.2) is 10.6 Å². The van der Waals surface area contributed by atoms with Gasteiger partial charge in [0.25, 0.3) is 0 Å². The summed E-state index contributed by atoms with van der Waals surface area (Å²) in [7, 11) is -8.00. The Bertz CT molecular complexity index is 673. The van der Waals surface area contributed by atoms with Crippen molar-refractivity contribution in [2.24, 2.45) is 13.7 Å². The first-order chi connectivity index (χ1) is 10.8. The van der Waals surface area contributed by atoms with E-state index in [-0.39, 0.29) is 11.5 Å². The van der Waals surface area contributed by atoms with Gasteiger partial charge in [-0.15, -0.1) is 26.5 Å². The smallest absolute Gasteiger partial charge is 0.264 e. The maximum Gasteiger partial charge on any atom is 0.397 e. The van der Waals surface area contributed by atoms with Gasteiger partial charge in [-0.3, -0.25) is 4.55 Å². The van der Waals surface area contributed by atoms with Crippen molar-refractivity contribution >= 4 is 32.7 Å². The average molecular weight is 383 g/mol. The van der Waals surface area contributed by atoms with Crippen molar-refractivity contribution in [3.8, 4) is 0 Å². The summed E-state index contributed by atoms with van der Waals surface area (Å²) < 4.78 is 40.8. The molecule has 1 aromatic rings. The SMILES string of the molecule is Cc1ccc(SCCCOS(=O)(=O)O)cc1S(N=O)(N=O)N=O. The van der Waals surface area contributed by atoms with Gasteiger partial charge in [0.2, 0.25) is 0 Å². The van der Waals surface area contributed by atoms with Gasteiger partial charge in [-0.05, 0) is 31.0 Å². The number of hydrogen-bond donors (Lipinski definition) is 1. The molecule has 0 atom stereocenters. The van der Waals surface area contributed by atoms with Crippen LogP contribution in [0.4, 0.5) is 0 Å². The van der Waals surface area contributed by atoms with E-state index in [2.05, 4.69) is 17.9 Å². The Balaban J connectivity index is 2.80. The molecule has 0 aromatic heterocycles. The van der Waals surface area contributed by atoms with Gasteiger partial charge in [-0.1, -0.05) is 6.07 Å². The molecule has 13 heteroatoms. The van der Waals surface area contributed by atoms with E-state index in [4.69, 9.17) is 4.55 Å². The highest BCUT2D eigenvalue weighted by Crippen LogP contribution is 2.60. The minimum absolute atomic E-state index is 0.0664. The van der Waals surface area contributed by atoms with Crippen molar-refractivity contribution in [3.05, 3.63) is 38.5 Å². The standard InChI is InChI=1S/C10H13N3O7S3/c1-8-3-4-9(21-6-2-5-20-23(17,18)19)7-10(8)22(11-14,12-15)13-16/h3-4,7H,2,5-6H2,1H3,(H,17,18,19). The van der Waals surface area contributed by atoms with Crippen molar-refractivity contribution in [1.29, 1.82) is 0 Å². The monoisotopic (exact) mass is 383 g/mol. The van der Waals surface area contributed by atoms with Crippen LogP contribution in [-0.4, -0.2) is 25.3 Å². The largest absolute Gasteiger partial charge is 0.397 e. The van der Waals surface area contributed by atoms with Crippen LogP contribution in [0.3, 0.4) is 0 Å². The molecule has 10 nitrogen and oxygen atoms in total. The van der Waals surface area contributed by atoms with Gasteiger partial charge >= 0.3 is 10.4 Å². The zero-order chi connectivity index (χ0) is 17.5. The number of hydrogen-bond acceptors (Lipinski definition) is 10. The molecule has 23 heavy (non-hydrogen) atoms. The summed E-state index contributed by atoms with van der Waals surface area (Å²) in [6.07, 6.45) is 0.315. The van der Waals surface area contributed by atoms with E-state index in [1.54, 1.807) is 19.1 Å². The molecule has 1 N–H and O–H groups in total. The van der Waals surface area contributed by atoms with Crippen LogP contribution in [0.5, 0.6) is 0 Å². The molecule has 0 bridgehead atoms. The molecular weight excluding hydrogens is 370 g/mol. The van der Waals surface area contributed by atoms with Crippen LogP contribution in [0.25, 0.3) is 0 Å². The fourth-order valence-corrected chi connectivity index (χ4v) is 3.91. The third kappa shape index (κ3) is 5.62. The van der Waals surface area contributed by atoms with Crippen molar-refractivity contribution in [1.82, 2.24) is 0 Å². The molecule has 0 heterocycles. The molecule has 0 unspecified atom stereocenters. The number of thioether (sulfide) groups is 1. The molecule has 0 fully saturated rings. The summed E-state index contributed by atoms with van der Waals surface area (Å²) in [5.74, 6) is 0.428. The summed E-state index contributed by atoms with van der Waals surface area (Å²) in [6, 6.07) is 4.72. The van der Waals surface area contributed by atoms with E-state index in [9.17, 15) is 23.1 Å². The van der Waals surface area contributed by atoms with E-state index in [0.29, 0.717) is 22.6 Å². The van der Waals surface area contributed by atoms with Crippen LogP contribution in [0.15, 0.2) is 41.7 Å². The number of rotatable bonds is 10. The number of aryl methyl sites for hydroxylation is 1. The third-order valence-electron chi connectivity index (χ3n) is 2.56. The van der Waals surface area contributed by atoms with Crippen molar-refractivity contribution in [2.45, 2.75) is 23.1 Å². The summed E-state index contributed by atoms with van der Waals surface area (Å²) in [5, 5.41) is 0. The normalized spacial score (nSPS) is 12.6. The van der Waals surface area contributed by atoms with Crippen LogP contribution in [0.2, 0.25) is 0 Å². The van der Waals surface area contributed by atoms with Gasteiger partial charge < -0.3 is 0 Å². The minimum atomic E-state index is -4.46. The second-order valence-electron chi connectivity index (χ2n) is 4.12. The van der Waals surface area contributed by atoms with Gasteiger partial charge in [-0.2, -0.15) is 8.42 Å². The summed E-state index contributed by atoms with van der Waals surface area (Å²) >= 11 is 1.27. The molecule has 0 aliphatic carbocycles. The minimum Gasteiger partial charge on any atom is -0.264 e. The number of nitrogens with zero attached hydrogens (tertiary/aromatic N) is 3. The molecule has 128 valence electrons. The molecule has 0 aliphatic heterocycles. The van der Waals surface area contributed by atoms with E-state index >= 15 is 0 Å². The van der Waals surface area contributed by atoms with Crippen molar-refractivity contribution in [3.63, 3.8) is 0 Å². The van der Waals surface area contributed by atoms with Gasteiger partial charge in [-0.25, -0.2) is 4.18 Å². The Hall–Kier alpha value is -1.41. The zero-order valence-electron chi connectivity index (χ0n) is 11.8. The third-order valence-corrected chi connectivity index (χ3v) is 5.75. The lowest BCUT2D eigenvalue weighted by molar-refractivity contribution is 0.270. The molecule has 1 rings (SSSR count). The molecule has 0 saturated carbocycles. The fourth-order valence-electron chi connectivity index (χ4n) is 1.54. The van der Waals surface area contributed by atoms with Crippen molar-refractivity contribution < 1.29 is 17.2 Å². The lowest BCUT2D eigenvalue weighted by Crippen LogP contribution is -2.05. The summed E-state index contributed by atoms with van der Waals surface area (Å²) in [4.78, 5) is 33.2. The Morgan fingerprint density at radius 3 is 2.30 bits per heavy atom. The zero-order valence-corrected chi connectivity index (χ0v) is 14.3. The van der Waals surface area contributed by atoms with Crippen LogP contribution >= 0.6 is 22.3 Å². The number of nitroso groups, excluding NO2 is 3. The molecular formula is C10H13N3O7S3. The van der Waals surface area contributed by atoms with E-state index in [1.165, 1.54) is 17.8 Å². The topological polar surface area (TPSA) is 152 Å². The predicted octanol–water partition coefficient (Wildman–Crippen LogP) is 3.50. The van der Waals surface area contributed by atoms with E-state index in [0.717, 1.165) is 0 Å². The van der Waals surface area contributed by atoms with Crippen LogP contribution < -0.4 is 0 Å². The Labute approximate surface area is 138 Å². The Kier molecular flexibility index (Phi) is 7.21. The highest BCUT2D eigenvalue weighted by Gasteiger charge is 2.33. The molecule has 0 aliphatic rings. The molecule has 0 saturated heterocycles. The van der Waals surface area contributed by atoms with Gasteiger partial charge in [0.1, 0.15) is 0 Å². The Morgan fingerprint density at radius 1 is 1.17 bits per heavy atom. The second kappa shape index (κ2) is 8.44. The lowest BCUT2D eigenvalue weighted by atomic mass is 10.2. The fraction of sp³-hybridized carbons (Fsp3) is 0.400. The first kappa shape index (κ1) is 19.6. The van der Waals surface area contributed by atoms with Crippen molar-refractivity contribution in [2.75, 3.05) is 12.4 Å². The average Bonchev–Trinajstić information content (AvgIpc) is 2.50. The second-order valence-corrected chi connectivity index (χ2v) is 8.31. The maximum absolute atomic E-state index is 10.8. The van der Waals surface area contributed by atoms with Crippen LogP contribution in [0, 0.1) is 21.6 Å². The lowest BCUT2D eigenvalue weighted by Gasteiger charge is -2.17. The highest BCUT2D eigenvalue weighted by atomic mass is 32.3. The quantitative estimate of drug-likeness (QED) is 0.279. The molecule has 0 radical (unpaired) electrons.